The van der Waals surface area contributed by atoms with Crippen molar-refractivity contribution in [2.75, 3.05) is 50.8 Å². The zero-order chi connectivity index (χ0) is 38.7. The summed E-state index contributed by atoms with van der Waals surface area (Å²) < 4.78 is 0. The maximum absolute atomic E-state index is 11.9. The standard InChI is InChI=1S/C32H50N4O2S2.2C2H2O4/c37-31(27-29-15-7-5-8-16-29)35-21-13-3-1-11-19-33-23-25-39-40-26-24-34-20-12-2-4-14-22-36-32(38)28-30-17-9-6-10-18-30;2*3-1(4)2(5)6/h5-10,15-18,33-34H,1-4,11-14,19-28H2,(H,35,37)(H,36,38);2*(H,3,4)(H,5,6). The molecule has 0 aliphatic rings. The van der Waals surface area contributed by atoms with Crippen LogP contribution in [0.3, 0.4) is 0 Å². The maximum Gasteiger partial charge on any atom is 0.414 e. The molecular weight excluding hydrogens is 713 g/mol. The second kappa shape index (κ2) is 34.0. The lowest BCUT2D eigenvalue weighted by atomic mass is 10.1. The van der Waals surface area contributed by atoms with Gasteiger partial charge in [-0.25, -0.2) is 19.2 Å². The SMILES string of the molecule is O=C(Cc1ccccc1)NCCCCCCNCCSSCCNCCCCCCNC(=O)Cc1ccccc1.O=C(O)C(=O)O.O=C(O)C(=O)O. The number of carboxylic acid groups (broad SMARTS) is 4. The fraction of sp³-hybridized carbons (Fsp3) is 0.500. The summed E-state index contributed by atoms with van der Waals surface area (Å²) in [4.78, 5) is 60.3. The van der Waals surface area contributed by atoms with E-state index in [4.69, 9.17) is 39.6 Å². The summed E-state index contributed by atoms with van der Waals surface area (Å²) in [6, 6.07) is 19.8. The first-order valence-corrected chi connectivity index (χ1v) is 19.7. The number of carbonyl (C=O) groups is 6. The first kappa shape index (κ1) is 47.9. The summed E-state index contributed by atoms with van der Waals surface area (Å²) >= 11 is 0. The third-order valence-electron chi connectivity index (χ3n) is 6.79. The van der Waals surface area contributed by atoms with Gasteiger partial charge >= 0.3 is 23.9 Å². The molecule has 2 aromatic rings. The Labute approximate surface area is 313 Å². The summed E-state index contributed by atoms with van der Waals surface area (Å²) in [7, 11) is 3.90. The van der Waals surface area contributed by atoms with Gasteiger partial charge in [0.2, 0.25) is 11.8 Å². The summed E-state index contributed by atoms with van der Waals surface area (Å²) in [5.41, 5.74) is 2.13. The molecule has 2 rings (SSSR count). The number of aliphatic carboxylic acids is 4. The molecule has 14 nitrogen and oxygen atoms in total. The molecule has 16 heteroatoms. The molecule has 0 saturated heterocycles. The first-order chi connectivity index (χ1) is 25.0. The highest BCUT2D eigenvalue weighted by molar-refractivity contribution is 8.76. The van der Waals surface area contributed by atoms with Crippen LogP contribution in [0.4, 0.5) is 0 Å². The molecule has 0 aliphatic carbocycles. The molecule has 290 valence electrons. The molecular formula is C36H54N4O10S2. The van der Waals surface area contributed by atoms with Crippen molar-refractivity contribution in [2.24, 2.45) is 0 Å². The van der Waals surface area contributed by atoms with Crippen molar-refractivity contribution >= 4 is 57.3 Å². The Morgan fingerprint density at radius 1 is 0.423 bits per heavy atom. The van der Waals surface area contributed by atoms with Crippen molar-refractivity contribution in [1.82, 2.24) is 21.3 Å². The largest absolute Gasteiger partial charge is 0.473 e. The highest BCUT2D eigenvalue weighted by Gasteiger charge is 2.05. The van der Waals surface area contributed by atoms with Gasteiger partial charge in [-0.05, 0) is 49.9 Å². The van der Waals surface area contributed by atoms with Gasteiger partial charge in [-0.3, -0.25) is 9.59 Å². The zero-order valence-corrected chi connectivity index (χ0v) is 31.2. The Hall–Kier alpha value is -4.12. The van der Waals surface area contributed by atoms with Crippen molar-refractivity contribution in [3.63, 3.8) is 0 Å². The Kier molecular flexibility index (Phi) is 31.3. The van der Waals surface area contributed by atoms with Gasteiger partial charge in [0.15, 0.2) is 0 Å². The van der Waals surface area contributed by atoms with Crippen LogP contribution in [0.15, 0.2) is 60.7 Å². The third kappa shape index (κ3) is 33.0. The number of hydrogen-bond donors (Lipinski definition) is 8. The van der Waals surface area contributed by atoms with Crippen LogP contribution in [0.5, 0.6) is 0 Å². The molecule has 0 aromatic heterocycles. The van der Waals surface area contributed by atoms with Gasteiger partial charge in [-0.1, -0.05) is 108 Å². The Balaban J connectivity index is 0.00000185. The number of nitrogens with one attached hydrogen (secondary N) is 4. The lowest BCUT2D eigenvalue weighted by Gasteiger charge is -2.07. The van der Waals surface area contributed by atoms with Crippen molar-refractivity contribution < 1.29 is 49.2 Å². The van der Waals surface area contributed by atoms with Gasteiger partial charge in [0.25, 0.3) is 0 Å². The molecule has 0 aliphatic heterocycles. The number of carboxylic acids is 4. The average molecular weight is 767 g/mol. The molecule has 0 spiro atoms. The first-order valence-electron chi connectivity index (χ1n) is 17.2. The second-order valence-corrected chi connectivity index (χ2v) is 13.9. The predicted molar refractivity (Wildman–Crippen MR) is 204 cm³/mol. The summed E-state index contributed by atoms with van der Waals surface area (Å²) in [5.74, 6) is -4.79. The number of unbranched alkanes of at least 4 members (excludes halogenated alkanes) is 6. The van der Waals surface area contributed by atoms with Crippen LogP contribution >= 0.6 is 21.6 Å². The van der Waals surface area contributed by atoms with E-state index >= 15 is 0 Å². The minimum Gasteiger partial charge on any atom is -0.473 e. The van der Waals surface area contributed by atoms with Crippen LogP contribution in [0.1, 0.15) is 62.5 Å². The van der Waals surface area contributed by atoms with E-state index in [1.165, 1.54) is 25.7 Å². The van der Waals surface area contributed by atoms with E-state index in [0.29, 0.717) is 12.8 Å². The Morgan fingerprint density at radius 3 is 1.04 bits per heavy atom. The summed E-state index contributed by atoms with van der Waals surface area (Å²) in [6.45, 7) is 5.83. The van der Waals surface area contributed by atoms with Gasteiger partial charge in [-0.15, -0.1) is 0 Å². The molecule has 2 amide bonds. The second-order valence-electron chi connectivity index (χ2n) is 11.2. The lowest BCUT2D eigenvalue weighted by Crippen LogP contribution is -2.26. The predicted octanol–water partition coefficient (Wildman–Crippen LogP) is 3.70. The molecule has 0 fully saturated rings. The van der Waals surface area contributed by atoms with E-state index in [1.807, 2.05) is 82.3 Å². The summed E-state index contributed by atoms with van der Waals surface area (Å²) in [5, 5.41) is 42.7. The molecule has 0 saturated carbocycles. The number of carbonyl (C=O) groups excluding carboxylic acids is 2. The smallest absolute Gasteiger partial charge is 0.414 e. The van der Waals surface area contributed by atoms with Crippen molar-refractivity contribution in [2.45, 2.75) is 64.2 Å². The minimum atomic E-state index is -1.82. The Morgan fingerprint density at radius 2 is 0.731 bits per heavy atom. The molecule has 0 radical (unpaired) electrons. The fourth-order valence-corrected chi connectivity index (χ4v) is 6.09. The summed E-state index contributed by atoms with van der Waals surface area (Å²) in [6.07, 6.45) is 10.2. The number of hydrogen-bond acceptors (Lipinski definition) is 10. The molecule has 0 bridgehead atoms. The van der Waals surface area contributed by atoms with E-state index in [0.717, 1.165) is 87.6 Å². The number of rotatable bonds is 25. The molecule has 52 heavy (non-hydrogen) atoms. The highest BCUT2D eigenvalue weighted by atomic mass is 33.1. The average Bonchev–Trinajstić information content (AvgIpc) is 3.11. The van der Waals surface area contributed by atoms with Crippen molar-refractivity contribution in [3.05, 3.63) is 71.8 Å². The van der Waals surface area contributed by atoms with E-state index in [9.17, 15) is 9.59 Å². The van der Waals surface area contributed by atoms with Crippen LogP contribution in [-0.4, -0.2) is 107 Å². The zero-order valence-electron chi connectivity index (χ0n) is 29.6. The van der Waals surface area contributed by atoms with Crippen LogP contribution in [-0.2, 0) is 41.6 Å². The maximum atomic E-state index is 11.9. The van der Waals surface area contributed by atoms with E-state index < -0.39 is 23.9 Å². The van der Waals surface area contributed by atoms with Crippen LogP contribution < -0.4 is 21.3 Å². The minimum absolute atomic E-state index is 0.115. The molecule has 8 N–H and O–H groups in total. The van der Waals surface area contributed by atoms with Gasteiger partial charge in [-0.2, -0.15) is 0 Å². The quantitative estimate of drug-likeness (QED) is 0.0410. The third-order valence-corrected chi connectivity index (χ3v) is 9.20. The van der Waals surface area contributed by atoms with Crippen LogP contribution in [0.25, 0.3) is 0 Å². The topological polar surface area (TPSA) is 231 Å². The van der Waals surface area contributed by atoms with Gasteiger partial charge in [0.1, 0.15) is 0 Å². The molecule has 2 aromatic carbocycles. The molecule has 0 atom stereocenters. The van der Waals surface area contributed by atoms with Gasteiger partial charge < -0.3 is 41.7 Å². The van der Waals surface area contributed by atoms with Crippen LogP contribution in [0.2, 0.25) is 0 Å². The molecule has 0 heterocycles. The molecule has 0 unspecified atom stereocenters. The van der Waals surface area contributed by atoms with Crippen LogP contribution in [0, 0.1) is 0 Å². The van der Waals surface area contributed by atoms with Gasteiger partial charge in [0.05, 0.1) is 12.8 Å². The highest BCUT2D eigenvalue weighted by Crippen LogP contribution is 2.19. The fourth-order valence-electron chi connectivity index (χ4n) is 4.20. The lowest BCUT2D eigenvalue weighted by molar-refractivity contribution is -0.159. The van der Waals surface area contributed by atoms with E-state index in [2.05, 4.69) is 21.3 Å². The monoisotopic (exact) mass is 766 g/mol. The van der Waals surface area contributed by atoms with E-state index in [1.54, 1.807) is 0 Å². The van der Waals surface area contributed by atoms with Crippen molar-refractivity contribution in [1.29, 1.82) is 0 Å². The Bertz CT molecular complexity index is 1150. The van der Waals surface area contributed by atoms with Crippen molar-refractivity contribution in [3.8, 4) is 0 Å². The normalized spacial score (nSPS) is 10.1. The number of amides is 2. The van der Waals surface area contributed by atoms with E-state index in [-0.39, 0.29) is 11.8 Å². The number of benzene rings is 2. The van der Waals surface area contributed by atoms with Gasteiger partial charge in [0, 0.05) is 37.7 Å².